The van der Waals surface area contributed by atoms with Gasteiger partial charge in [0, 0.05) is 42.5 Å². The molecule has 2 fully saturated rings. The van der Waals surface area contributed by atoms with Crippen LogP contribution < -0.4 is 4.90 Å². The van der Waals surface area contributed by atoms with Crippen molar-refractivity contribution >= 4 is 28.4 Å². The van der Waals surface area contributed by atoms with Crippen molar-refractivity contribution < 1.29 is 9.59 Å². The number of carbonyl (C=O) groups is 2. The Balaban J connectivity index is 1.35. The molecule has 0 radical (unpaired) electrons. The van der Waals surface area contributed by atoms with E-state index in [1.165, 1.54) is 0 Å². The van der Waals surface area contributed by atoms with Crippen LogP contribution in [0.3, 0.4) is 0 Å². The first-order valence-corrected chi connectivity index (χ1v) is 9.64. The molecule has 3 heterocycles. The van der Waals surface area contributed by atoms with Crippen molar-refractivity contribution in [1.29, 1.82) is 0 Å². The van der Waals surface area contributed by atoms with Crippen LogP contribution in [0.2, 0.25) is 0 Å². The number of fused-ring (bicyclic) bond motifs is 1. The molecule has 5 heteroatoms. The summed E-state index contributed by atoms with van der Waals surface area (Å²) in [7, 11) is 0. The molecule has 1 aromatic heterocycles. The molecular weight excluding hydrogens is 350 g/mol. The number of anilines is 1. The molecule has 5 rings (SSSR count). The van der Waals surface area contributed by atoms with Crippen molar-refractivity contribution in [3.05, 3.63) is 72.4 Å². The highest BCUT2D eigenvalue weighted by atomic mass is 16.2. The van der Waals surface area contributed by atoms with Gasteiger partial charge >= 0.3 is 0 Å². The highest BCUT2D eigenvalue weighted by Crippen LogP contribution is 2.42. The zero-order chi connectivity index (χ0) is 19.1. The predicted molar refractivity (Wildman–Crippen MR) is 108 cm³/mol. The fourth-order valence-corrected chi connectivity index (χ4v) is 4.47. The van der Waals surface area contributed by atoms with E-state index >= 15 is 0 Å². The molecule has 140 valence electrons. The van der Waals surface area contributed by atoms with Gasteiger partial charge < -0.3 is 9.80 Å². The molecule has 2 amide bonds. The first-order valence-electron chi connectivity index (χ1n) is 9.64. The van der Waals surface area contributed by atoms with Gasteiger partial charge in [0.15, 0.2) is 0 Å². The molecule has 5 nitrogen and oxygen atoms in total. The van der Waals surface area contributed by atoms with Gasteiger partial charge in [0.2, 0.25) is 5.91 Å². The Morgan fingerprint density at radius 1 is 0.929 bits per heavy atom. The highest BCUT2D eigenvalue weighted by Gasteiger charge is 2.48. The summed E-state index contributed by atoms with van der Waals surface area (Å²) in [6.45, 7) is 1.95. The van der Waals surface area contributed by atoms with Gasteiger partial charge in [-0.1, -0.05) is 42.5 Å². The van der Waals surface area contributed by atoms with Gasteiger partial charge in [0.05, 0.1) is 5.52 Å². The standard InChI is InChI=1S/C23H21N3O2/c27-21-14-23(16-26(21)18-7-2-1-3-8-18)12-13-25(15-23)22(28)20-11-10-17-6-4-5-9-19(17)24-20/h1-11H,12-16H2/t23-/m0/s1. The number of carbonyl (C=O) groups excluding carboxylic acids is 2. The van der Waals surface area contributed by atoms with Gasteiger partial charge in [0.1, 0.15) is 5.69 Å². The Morgan fingerprint density at radius 3 is 2.57 bits per heavy atom. The van der Waals surface area contributed by atoms with Gasteiger partial charge in [-0.2, -0.15) is 0 Å². The van der Waals surface area contributed by atoms with Crippen LogP contribution in [0.25, 0.3) is 10.9 Å². The zero-order valence-electron chi connectivity index (χ0n) is 15.5. The van der Waals surface area contributed by atoms with Crippen molar-refractivity contribution in [2.45, 2.75) is 12.8 Å². The van der Waals surface area contributed by atoms with Gasteiger partial charge in [-0.25, -0.2) is 4.98 Å². The monoisotopic (exact) mass is 371 g/mol. The van der Waals surface area contributed by atoms with E-state index in [0.717, 1.165) is 23.0 Å². The number of para-hydroxylation sites is 2. The lowest BCUT2D eigenvalue weighted by atomic mass is 9.86. The van der Waals surface area contributed by atoms with Crippen LogP contribution in [0.15, 0.2) is 66.7 Å². The van der Waals surface area contributed by atoms with E-state index in [1.54, 1.807) is 6.07 Å². The summed E-state index contributed by atoms with van der Waals surface area (Å²) in [6.07, 6.45) is 1.35. The van der Waals surface area contributed by atoms with Crippen molar-refractivity contribution in [1.82, 2.24) is 9.88 Å². The molecule has 3 aromatic rings. The first-order chi connectivity index (χ1) is 13.6. The van der Waals surface area contributed by atoms with Crippen molar-refractivity contribution in [3.8, 4) is 0 Å². The molecule has 28 heavy (non-hydrogen) atoms. The third-order valence-corrected chi connectivity index (χ3v) is 5.93. The smallest absolute Gasteiger partial charge is 0.272 e. The summed E-state index contributed by atoms with van der Waals surface area (Å²) in [5, 5.41) is 1.02. The number of aromatic nitrogens is 1. The van der Waals surface area contributed by atoms with E-state index < -0.39 is 0 Å². The van der Waals surface area contributed by atoms with Crippen LogP contribution in [-0.2, 0) is 4.79 Å². The number of likely N-dealkylation sites (tertiary alicyclic amines) is 1. The predicted octanol–water partition coefficient (Wildman–Crippen LogP) is 3.50. The quantitative estimate of drug-likeness (QED) is 0.693. The summed E-state index contributed by atoms with van der Waals surface area (Å²) < 4.78 is 0. The molecule has 0 aliphatic carbocycles. The lowest BCUT2D eigenvalue weighted by molar-refractivity contribution is -0.117. The topological polar surface area (TPSA) is 53.5 Å². The maximum Gasteiger partial charge on any atom is 0.272 e. The molecule has 2 aliphatic heterocycles. The fraction of sp³-hybridized carbons (Fsp3) is 0.261. The summed E-state index contributed by atoms with van der Waals surface area (Å²) in [6, 6.07) is 21.3. The molecule has 2 saturated heterocycles. The lowest BCUT2D eigenvalue weighted by Gasteiger charge is -2.24. The molecule has 2 aromatic carbocycles. The van der Waals surface area contributed by atoms with Gasteiger partial charge in [0.25, 0.3) is 5.91 Å². The van der Waals surface area contributed by atoms with Crippen LogP contribution in [0.4, 0.5) is 5.69 Å². The number of nitrogens with zero attached hydrogens (tertiary/aromatic N) is 3. The Labute approximate surface area is 163 Å². The molecule has 0 saturated carbocycles. The molecule has 0 unspecified atom stereocenters. The first kappa shape index (κ1) is 16.9. The maximum absolute atomic E-state index is 13.0. The van der Waals surface area contributed by atoms with Gasteiger partial charge in [-0.3, -0.25) is 9.59 Å². The van der Waals surface area contributed by atoms with E-state index in [1.807, 2.05) is 70.5 Å². The van der Waals surface area contributed by atoms with Gasteiger partial charge in [-0.05, 0) is 30.7 Å². The van der Waals surface area contributed by atoms with Gasteiger partial charge in [-0.15, -0.1) is 0 Å². The number of amides is 2. The van der Waals surface area contributed by atoms with Crippen LogP contribution in [0.5, 0.6) is 0 Å². The third kappa shape index (κ3) is 2.83. The second-order valence-corrected chi connectivity index (χ2v) is 7.86. The largest absolute Gasteiger partial charge is 0.337 e. The lowest BCUT2D eigenvalue weighted by Crippen LogP contribution is -2.34. The summed E-state index contributed by atoms with van der Waals surface area (Å²) in [4.78, 5) is 33.9. The number of pyridine rings is 1. The molecule has 1 atom stereocenters. The summed E-state index contributed by atoms with van der Waals surface area (Å²) in [5.74, 6) is 0.0950. The van der Waals surface area contributed by atoms with Crippen molar-refractivity contribution in [2.24, 2.45) is 5.41 Å². The van der Waals surface area contributed by atoms with E-state index in [-0.39, 0.29) is 17.2 Å². The minimum Gasteiger partial charge on any atom is -0.337 e. The van der Waals surface area contributed by atoms with E-state index in [4.69, 9.17) is 0 Å². The Morgan fingerprint density at radius 2 is 1.71 bits per heavy atom. The zero-order valence-corrected chi connectivity index (χ0v) is 15.5. The minimum absolute atomic E-state index is 0.0479. The second kappa shape index (κ2) is 6.44. The summed E-state index contributed by atoms with van der Waals surface area (Å²) >= 11 is 0. The summed E-state index contributed by atoms with van der Waals surface area (Å²) in [5.41, 5.74) is 2.08. The molecule has 2 aliphatic rings. The number of hydrogen-bond donors (Lipinski definition) is 0. The number of benzene rings is 2. The van der Waals surface area contributed by atoms with Crippen LogP contribution in [0.1, 0.15) is 23.3 Å². The Bertz CT molecular complexity index is 1070. The second-order valence-electron chi connectivity index (χ2n) is 7.86. The van der Waals surface area contributed by atoms with Crippen LogP contribution >= 0.6 is 0 Å². The number of hydrogen-bond acceptors (Lipinski definition) is 3. The Kier molecular flexibility index (Phi) is 3.90. The van der Waals surface area contributed by atoms with Crippen LogP contribution in [-0.4, -0.2) is 41.3 Å². The fourth-order valence-electron chi connectivity index (χ4n) is 4.47. The Hall–Kier alpha value is -3.21. The minimum atomic E-state index is -0.153. The van der Waals surface area contributed by atoms with Crippen molar-refractivity contribution in [2.75, 3.05) is 24.5 Å². The third-order valence-electron chi connectivity index (χ3n) is 5.93. The molecule has 1 spiro atoms. The van der Waals surface area contributed by atoms with E-state index in [0.29, 0.717) is 31.7 Å². The van der Waals surface area contributed by atoms with Crippen molar-refractivity contribution in [3.63, 3.8) is 0 Å². The van der Waals surface area contributed by atoms with E-state index in [2.05, 4.69) is 4.98 Å². The van der Waals surface area contributed by atoms with Crippen LogP contribution in [0, 0.1) is 5.41 Å². The number of rotatable bonds is 2. The molecule has 0 N–H and O–H groups in total. The highest BCUT2D eigenvalue weighted by molar-refractivity contribution is 5.97. The SMILES string of the molecule is O=C(c1ccc2ccccc2n1)N1CC[C@]2(CC(=O)N(c3ccccc3)C2)C1. The maximum atomic E-state index is 13.0. The van der Waals surface area contributed by atoms with E-state index in [9.17, 15) is 9.59 Å². The molecular formula is C23H21N3O2. The average molecular weight is 371 g/mol. The molecule has 0 bridgehead atoms. The normalized spacial score (nSPS) is 21.8. The average Bonchev–Trinajstić information content (AvgIpc) is 3.30.